The van der Waals surface area contributed by atoms with Gasteiger partial charge in [0.1, 0.15) is 12.1 Å². The van der Waals surface area contributed by atoms with Crippen molar-refractivity contribution in [2.45, 2.75) is 38.6 Å². The number of aryl methyl sites for hydroxylation is 1. The van der Waals surface area contributed by atoms with Crippen LogP contribution < -0.4 is 15.5 Å². The molecule has 2 aliphatic heterocycles. The van der Waals surface area contributed by atoms with Crippen LogP contribution in [-0.4, -0.2) is 53.2 Å². The summed E-state index contributed by atoms with van der Waals surface area (Å²) in [5.74, 6) is 4.00. The number of amides is 2. The first kappa shape index (κ1) is 17.3. The van der Waals surface area contributed by atoms with E-state index in [0.29, 0.717) is 5.92 Å². The molecule has 132 valence electrons. The summed E-state index contributed by atoms with van der Waals surface area (Å²) in [6.07, 6.45) is 5.85. The average Bonchev–Trinajstić information content (AvgIpc) is 3.14. The molecule has 3 heterocycles. The number of carbonyl (C=O) groups is 1. The summed E-state index contributed by atoms with van der Waals surface area (Å²) >= 11 is 1.98. The van der Waals surface area contributed by atoms with E-state index in [9.17, 15) is 4.79 Å². The van der Waals surface area contributed by atoms with Crippen molar-refractivity contribution in [2.24, 2.45) is 5.92 Å². The van der Waals surface area contributed by atoms with Gasteiger partial charge in [-0.2, -0.15) is 11.8 Å². The Balaban J connectivity index is 1.48. The van der Waals surface area contributed by atoms with Crippen LogP contribution in [0, 0.1) is 5.92 Å². The molecule has 0 spiro atoms. The lowest BCUT2D eigenvalue weighted by atomic mass is 10.1. The van der Waals surface area contributed by atoms with Gasteiger partial charge in [-0.05, 0) is 43.1 Å². The van der Waals surface area contributed by atoms with Gasteiger partial charge in [0.2, 0.25) is 0 Å². The molecule has 1 aromatic heterocycles. The zero-order valence-corrected chi connectivity index (χ0v) is 15.1. The first-order valence-electron chi connectivity index (χ1n) is 8.92. The topological polar surface area (TPSA) is 70.2 Å². The molecule has 0 aromatic carbocycles. The second kappa shape index (κ2) is 8.55. The smallest absolute Gasteiger partial charge is 0.315 e. The van der Waals surface area contributed by atoms with Crippen LogP contribution in [0.1, 0.15) is 31.9 Å². The van der Waals surface area contributed by atoms with Crippen molar-refractivity contribution < 1.29 is 4.79 Å². The van der Waals surface area contributed by atoms with Gasteiger partial charge in [-0.25, -0.2) is 14.8 Å². The van der Waals surface area contributed by atoms with Crippen LogP contribution in [0.4, 0.5) is 10.6 Å². The van der Waals surface area contributed by atoms with Gasteiger partial charge in [-0.15, -0.1) is 0 Å². The molecule has 2 fully saturated rings. The maximum absolute atomic E-state index is 12.1. The van der Waals surface area contributed by atoms with Crippen molar-refractivity contribution in [3.63, 3.8) is 0 Å². The third-order valence-corrected chi connectivity index (χ3v) is 5.96. The fraction of sp³-hybridized carbons (Fsp3) is 0.706. The number of anilines is 1. The average molecular weight is 350 g/mol. The molecular weight excluding hydrogens is 322 g/mol. The van der Waals surface area contributed by atoms with E-state index in [1.165, 1.54) is 17.9 Å². The molecule has 6 nitrogen and oxygen atoms in total. The third kappa shape index (κ3) is 4.75. The second-order valence-corrected chi connectivity index (χ2v) is 7.74. The number of piperidine rings is 1. The largest absolute Gasteiger partial charge is 0.354 e. The zero-order valence-electron chi connectivity index (χ0n) is 14.3. The molecule has 2 N–H and O–H groups in total. The summed E-state index contributed by atoms with van der Waals surface area (Å²) < 4.78 is 0. The first-order chi connectivity index (χ1) is 11.7. The molecule has 0 unspecified atom stereocenters. The lowest BCUT2D eigenvalue weighted by Gasteiger charge is -2.34. The monoisotopic (exact) mass is 349 g/mol. The molecule has 1 aromatic rings. The van der Waals surface area contributed by atoms with Gasteiger partial charge in [0.05, 0.1) is 0 Å². The Bertz CT molecular complexity index is 550. The SMILES string of the molecule is CCc1cc(N2CCC[C@H](NC(=O)NC[C@H]3CCSC3)C2)ncn1. The Hall–Kier alpha value is -1.50. The van der Waals surface area contributed by atoms with Gasteiger partial charge in [0.25, 0.3) is 0 Å². The summed E-state index contributed by atoms with van der Waals surface area (Å²) in [6.45, 7) is 4.69. The van der Waals surface area contributed by atoms with Crippen molar-refractivity contribution in [1.29, 1.82) is 0 Å². The Morgan fingerprint density at radius 1 is 1.42 bits per heavy atom. The number of thioether (sulfide) groups is 1. The summed E-state index contributed by atoms with van der Waals surface area (Å²) in [6, 6.07) is 2.20. The number of hydrogen-bond acceptors (Lipinski definition) is 5. The van der Waals surface area contributed by atoms with E-state index in [0.717, 1.165) is 50.4 Å². The highest BCUT2D eigenvalue weighted by Gasteiger charge is 2.23. The highest BCUT2D eigenvalue weighted by molar-refractivity contribution is 7.99. The van der Waals surface area contributed by atoms with Crippen LogP contribution in [0.25, 0.3) is 0 Å². The number of rotatable bonds is 5. The molecule has 7 heteroatoms. The van der Waals surface area contributed by atoms with Crippen LogP contribution in [0.2, 0.25) is 0 Å². The fourth-order valence-electron chi connectivity index (χ4n) is 3.27. The van der Waals surface area contributed by atoms with E-state index in [4.69, 9.17) is 0 Å². The summed E-state index contributed by atoms with van der Waals surface area (Å²) in [7, 11) is 0. The minimum absolute atomic E-state index is 0.0318. The van der Waals surface area contributed by atoms with Crippen molar-refractivity contribution in [1.82, 2.24) is 20.6 Å². The van der Waals surface area contributed by atoms with Gasteiger partial charge in [0, 0.05) is 37.4 Å². The van der Waals surface area contributed by atoms with Crippen LogP contribution in [0.15, 0.2) is 12.4 Å². The van der Waals surface area contributed by atoms with Crippen molar-refractivity contribution in [3.05, 3.63) is 18.1 Å². The van der Waals surface area contributed by atoms with E-state index in [1.54, 1.807) is 6.33 Å². The number of urea groups is 1. The molecule has 2 saturated heterocycles. The van der Waals surface area contributed by atoms with E-state index in [1.807, 2.05) is 11.8 Å². The number of nitrogens with one attached hydrogen (secondary N) is 2. The molecule has 0 aliphatic carbocycles. The molecule has 0 bridgehead atoms. The summed E-state index contributed by atoms with van der Waals surface area (Å²) in [5, 5.41) is 6.17. The Morgan fingerprint density at radius 2 is 2.33 bits per heavy atom. The fourth-order valence-corrected chi connectivity index (χ4v) is 4.56. The molecule has 3 rings (SSSR count). The van der Waals surface area contributed by atoms with E-state index in [-0.39, 0.29) is 12.1 Å². The van der Waals surface area contributed by atoms with Crippen LogP contribution in [-0.2, 0) is 6.42 Å². The maximum Gasteiger partial charge on any atom is 0.315 e. The van der Waals surface area contributed by atoms with E-state index >= 15 is 0 Å². The number of hydrogen-bond donors (Lipinski definition) is 2. The van der Waals surface area contributed by atoms with Crippen LogP contribution in [0.3, 0.4) is 0 Å². The number of nitrogens with zero attached hydrogens (tertiary/aromatic N) is 3. The second-order valence-electron chi connectivity index (χ2n) is 6.59. The third-order valence-electron chi connectivity index (χ3n) is 4.73. The predicted octanol–water partition coefficient (Wildman–Crippen LogP) is 2.06. The molecular formula is C17H27N5OS. The minimum Gasteiger partial charge on any atom is -0.354 e. The van der Waals surface area contributed by atoms with Gasteiger partial charge in [-0.1, -0.05) is 6.92 Å². The molecule has 2 amide bonds. The van der Waals surface area contributed by atoms with Crippen LogP contribution >= 0.6 is 11.8 Å². The molecule has 0 radical (unpaired) electrons. The minimum atomic E-state index is -0.0318. The predicted molar refractivity (Wildman–Crippen MR) is 98.6 cm³/mol. The molecule has 24 heavy (non-hydrogen) atoms. The molecule has 2 atom stereocenters. The number of aromatic nitrogens is 2. The Kier molecular flexibility index (Phi) is 6.18. The van der Waals surface area contributed by atoms with Gasteiger partial charge in [0.15, 0.2) is 0 Å². The lowest BCUT2D eigenvalue weighted by Crippen LogP contribution is -2.51. The standard InChI is InChI=1S/C17H27N5OS/c1-2-14-8-16(20-12-19-14)22-6-3-4-15(10-22)21-17(23)18-9-13-5-7-24-11-13/h8,12-13,15H,2-7,9-11H2,1H3,(H2,18,21,23)/t13-,15+/m1/s1. The van der Waals surface area contributed by atoms with Gasteiger partial charge >= 0.3 is 6.03 Å². The Labute approximate surface area is 148 Å². The van der Waals surface area contributed by atoms with Crippen molar-refractivity contribution in [3.8, 4) is 0 Å². The zero-order chi connectivity index (χ0) is 16.8. The highest BCUT2D eigenvalue weighted by atomic mass is 32.2. The Morgan fingerprint density at radius 3 is 3.12 bits per heavy atom. The van der Waals surface area contributed by atoms with Crippen molar-refractivity contribution in [2.75, 3.05) is 36.0 Å². The first-order valence-corrected chi connectivity index (χ1v) is 10.1. The number of carbonyl (C=O) groups excluding carboxylic acids is 1. The van der Waals surface area contributed by atoms with Crippen LogP contribution in [0.5, 0.6) is 0 Å². The summed E-state index contributed by atoms with van der Waals surface area (Å²) in [5.41, 5.74) is 1.06. The molecule has 0 saturated carbocycles. The quantitative estimate of drug-likeness (QED) is 0.851. The highest BCUT2D eigenvalue weighted by Crippen LogP contribution is 2.22. The van der Waals surface area contributed by atoms with Gasteiger partial charge in [-0.3, -0.25) is 0 Å². The van der Waals surface area contributed by atoms with Gasteiger partial charge < -0.3 is 15.5 Å². The van der Waals surface area contributed by atoms with E-state index in [2.05, 4.69) is 38.5 Å². The summed E-state index contributed by atoms with van der Waals surface area (Å²) in [4.78, 5) is 23.1. The van der Waals surface area contributed by atoms with Crippen molar-refractivity contribution >= 4 is 23.6 Å². The van der Waals surface area contributed by atoms with E-state index < -0.39 is 0 Å². The maximum atomic E-state index is 12.1. The normalized spacial score (nSPS) is 24.0. The molecule has 2 aliphatic rings. The lowest BCUT2D eigenvalue weighted by molar-refractivity contribution is 0.233.